The van der Waals surface area contributed by atoms with Gasteiger partial charge < -0.3 is 15.2 Å². The van der Waals surface area contributed by atoms with Gasteiger partial charge in [-0.25, -0.2) is 0 Å². The first-order chi connectivity index (χ1) is 13.9. The van der Waals surface area contributed by atoms with E-state index >= 15 is 0 Å². The van der Waals surface area contributed by atoms with Crippen molar-refractivity contribution in [1.82, 2.24) is 0 Å². The number of carbonyl (C=O) groups is 2. The maximum atomic E-state index is 13.2. The highest BCUT2D eigenvalue weighted by Crippen LogP contribution is 2.60. The first-order valence-corrected chi connectivity index (χ1v) is 10.9. The van der Waals surface area contributed by atoms with Crippen LogP contribution in [0.3, 0.4) is 0 Å². The number of carbonyl (C=O) groups excluding carboxylic acids is 2. The minimum absolute atomic E-state index is 0.108. The van der Waals surface area contributed by atoms with Crippen LogP contribution in [0.1, 0.15) is 44.1 Å². The van der Waals surface area contributed by atoms with Gasteiger partial charge in [0.05, 0.1) is 17.4 Å². The molecule has 1 amide bonds. The van der Waals surface area contributed by atoms with Gasteiger partial charge in [-0.15, -0.1) is 0 Å². The summed E-state index contributed by atoms with van der Waals surface area (Å²) in [4.78, 5) is 29.2. The van der Waals surface area contributed by atoms with Gasteiger partial charge in [0.15, 0.2) is 16.7 Å². The predicted molar refractivity (Wildman–Crippen MR) is 111 cm³/mol. The molecule has 4 saturated carbocycles. The van der Waals surface area contributed by atoms with Crippen molar-refractivity contribution in [2.45, 2.75) is 38.5 Å². The number of rotatable bonds is 4. The second-order valence-electron chi connectivity index (χ2n) is 8.86. The summed E-state index contributed by atoms with van der Waals surface area (Å²) in [6.45, 7) is 0. The van der Waals surface area contributed by atoms with Gasteiger partial charge in [-0.1, -0.05) is 6.07 Å². The predicted octanol–water partition coefficient (Wildman–Crippen LogP) is 3.75. The molecule has 4 fully saturated rings. The third kappa shape index (κ3) is 3.35. The third-order valence-electron chi connectivity index (χ3n) is 6.80. The van der Waals surface area contributed by atoms with E-state index in [1.165, 1.54) is 19.3 Å². The quantitative estimate of drug-likeness (QED) is 0.460. The van der Waals surface area contributed by atoms with Gasteiger partial charge in [0.25, 0.3) is 5.91 Å². The van der Waals surface area contributed by atoms with Crippen molar-refractivity contribution < 1.29 is 19.1 Å². The topological polar surface area (TPSA) is 91.0 Å². The summed E-state index contributed by atoms with van der Waals surface area (Å²) in [5.41, 5.74) is 6.04. The molecule has 1 aromatic rings. The molecule has 4 bridgehead atoms. The highest BCUT2D eigenvalue weighted by atomic mass is 32.2. The van der Waals surface area contributed by atoms with Gasteiger partial charge in [0, 0.05) is 0 Å². The molecule has 6 rings (SSSR count). The third-order valence-corrected chi connectivity index (χ3v) is 7.61. The van der Waals surface area contributed by atoms with E-state index in [2.05, 4.69) is 4.99 Å². The zero-order valence-corrected chi connectivity index (χ0v) is 17.2. The van der Waals surface area contributed by atoms with E-state index in [-0.39, 0.29) is 22.5 Å². The smallest absolute Gasteiger partial charge is 0.317 e. The van der Waals surface area contributed by atoms with Gasteiger partial charge in [-0.2, -0.15) is 4.99 Å². The molecule has 29 heavy (non-hydrogen) atoms. The van der Waals surface area contributed by atoms with E-state index in [9.17, 15) is 9.59 Å². The van der Waals surface area contributed by atoms with Crippen molar-refractivity contribution in [3.05, 3.63) is 28.7 Å². The molecule has 0 spiro atoms. The maximum absolute atomic E-state index is 13.2. The van der Waals surface area contributed by atoms with Gasteiger partial charge in [0.2, 0.25) is 0 Å². The zero-order valence-electron chi connectivity index (χ0n) is 16.3. The molecule has 152 valence electrons. The maximum Gasteiger partial charge on any atom is 0.317 e. The Balaban J connectivity index is 1.36. The molecule has 6 nitrogen and oxygen atoms in total. The number of hydrogen-bond donors (Lipinski definition) is 1. The number of esters is 1. The monoisotopic (exact) mass is 412 g/mol. The van der Waals surface area contributed by atoms with Crippen LogP contribution in [0.4, 0.5) is 0 Å². The first kappa shape index (κ1) is 18.7. The summed E-state index contributed by atoms with van der Waals surface area (Å²) in [5, 5.41) is 0.245. The number of ether oxygens (including phenoxy) is 2. The number of methoxy groups -OCH3 is 1. The second kappa shape index (κ2) is 6.90. The number of hydrogen-bond acceptors (Lipinski definition) is 6. The minimum Gasteiger partial charge on any atom is -0.493 e. The minimum atomic E-state index is -0.344. The Labute approximate surface area is 173 Å². The number of nitrogens with two attached hydrogens (primary N) is 1. The van der Waals surface area contributed by atoms with E-state index in [1.807, 2.05) is 0 Å². The molecule has 0 radical (unpaired) electrons. The highest BCUT2D eigenvalue weighted by molar-refractivity contribution is 8.18. The first-order valence-electron chi connectivity index (χ1n) is 10.1. The van der Waals surface area contributed by atoms with Crippen molar-refractivity contribution >= 4 is 34.9 Å². The lowest BCUT2D eigenvalue weighted by Crippen LogP contribution is -2.51. The lowest BCUT2D eigenvalue weighted by Gasteiger charge is -2.55. The normalized spacial score (nSPS) is 33.8. The molecule has 1 aliphatic heterocycles. The Kier molecular flexibility index (Phi) is 4.46. The molecule has 1 aromatic carbocycles. The van der Waals surface area contributed by atoms with Crippen LogP contribution in [0, 0.1) is 23.2 Å². The highest BCUT2D eigenvalue weighted by Gasteiger charge is 2.55. The fourth-order valence-electron chi connectivity index (χ4n) is 6.00. The van der Waals surface area contributed by atoms with Crippen LogP contribution in [0.5, 0.6) is 11.5 Å². The van der Waals surface area contributed by atoms with Crippen LogP contribution >= 0.6 is 11.8 Å². The average Bonchev–Trinajstić information content (AvgIpc) is 2.98. The van der Waals surface area contributed by atoms with Crippen LogP contribution < -0.4 is 15.2 Å². The number of amides is 1. The van der Waals surface area contributed by atoms with E-state index < -0.39 is 0 Å². The van der Waals surface area contributed by atoms with Crippen LogP contribution in [0.15, 0.2) is 28.1 Å². The summed E-state index contributed by atoms with van der Waals surface area (Å²) in [7, 11) is 1.55. The fourth-order valence-corrected chi connectivity index (χ4v) is 6.69. The molecular formula is C22H24N2O4S. The Bertz CT molecular complexity index is 917. The van der Waals surface area contributed by atoms with Crippen LogP contribution in [0.25, 0.3) is 6.08 Å². The Morgan fingerprint density at radius 1 is 1.17 bits per heavy atom. The molecule has 0 aromatic heterocycles. The van der Waals surface area contributed by atoms with E-state index in [4.69, 9.17) is 15.2 Å². The van der Waals surface area contributed by atoms with Crippen LogP contribution in [0.2, 0.25) is 0 Å². The lowest BCUT2D eigenvalue weighted by atomic mass is 9.49. The van der Waals surface area contributed by atoms with Crippen molar-refractivity contribution in [3.63, 3.8) is 0 Å². The number of aliphatic imine (C=N–C) groups is 1. The summed E-state index contributed by atoms with van der Waals surface area (Å²) < 4.78 is 11.4. The van der Waals surface area contributed by atoms with Gasteiger partial charge in [0.1, 0.15) is 0 Å². The summed E-state index contributed by atoms with van der Waals surface area (Å²) in [6.07, 6.45) is 8.45. The summed E-state index contributed by atoms with van der Waals surface area (Å²) in [6, 6.07) is 5.30. The standard InChI is InChI=1S/C22H24N2O4S/c1-27-17-7-12(8-18-19(25)24-21(23)29-18)2-3-16(17)28-20(26)22-9-13-4-14(10-22)6-15(5-13)11-22/h2-3,7-8,13-15H,4-6,9-11H2,1H3,(H2,23,24,25). The lowest BCUT2D eigenvalue weighted by molar-refractivity contribution is -0.161. The van der Waals surface area contributed by atoms with E-state index in [0.29, 0.717) is 34.2 Å². The van der Waals surface area contributed by atoms with E-state index in [0.717, 1.165) is 36.6 Å². The number of nitrogens with zero attached hydrogens (tertiary/aromatic N) is 1. The molecule has 7 heteroatoms. The fraction of sp³-hybridized carbons (Fsp3) is 0.500. The van der Waals surface area contributed by atoms with E-state index in [1.54, 1.807) is 31.4 Å². The number of amidine groups is 1. The largest absolute Gasteiger partial charge is 0.493 e. The number of benzene rings is 1. The van der Waals surface area contributed by atoms with Crippen molar-refractivity contribution in [2.75, 3.05) is 7.11 Å². The van der Waals surface area contributed by atoms with Crippen molar-refractivity contribution in [3.8, 4) is 11.5 Å². The van der Waals surface area contributed by atoms with Gasteiger partial charge in [-0.05, 0) is 91.8 Å². The molecular weight excluding hydrogens is 388 g/mol. The molecule has 0 saturated heterocycles. The SMILES string of the molecule is COc1cc(C=C2SC(N)=NC2=O)ccc1OC(=O)C12CC3CC(CC(C3)C1)C2. The second-order valence-corrected chi connectivity index (χ2v) is 9.93. The van der Waals surface area contributed by atoms with Crippen LogP contribution in [-0.4, -0.2) is 24.2 Å². The van der Waals surface area contributed by atoms with Gasteiger partial charge >= 0.3 is 5.97 Å². The molecule has 0 atom stereocenters. The Morgan fingerprint density at radius 3 is 2.38 bits per heavy atom. The zero-order chi connectivity index (χ0) is 20.2. The molecule has 5 aliphatic rings. The molecule has 4 aliphatic carbocycles. The van der Waals surface area contributed by atoms with Crippen molar-refractivity contribution in [2.24, 2.45) is 33.9 Å². The van der Waals surface area contributed by atoms with Gasteiger partial charge in [-0.3, -0.25) is 9.59 Å². The molecule has 1 heterocycles. The molecule has 0 unspecified atom stereocenters. The number of thioether (sulfide) groups is 1. The Morgan fingerprint density at radius 2 is 1.83 bits per heavy atom. The molecule has 2 N–H and O–H groups in total. The Hall–Kier alpha value is -2.28. The van der Waals surface area contributed by atoms with Crippen LogP contribution in [-0.2, 0) is 9.59 Å². The van der Waals surface area contributed by atoms with Crippen molar-refractivity contribution in [1.29, 1.82) is 0 Å². The summed E-state index contributed by atoms with van der Waals surface area (Å²) in [5.74, 6) is 2.49. The average molecular weight is 413 g/mol. The summed E-state index contributed by atoms with van der Waals surface area (Å²) >= 11 is 1.14.